The molecule has 0 aliphatic heterocycles. The number of hydrogen-bond acceptors (Lipinski definition) is 6. The lowest BCUT2D eigenvalue weighted by molar-refractivity contribution is 0.0577. The fourth-order valence-corrected chi connectivity index (χ4v) is 3.24. The number of aromatic nitrogens is 3. The van der Waals surface area contributed by atoms with Gasteiger partial charge in [0.15, 0.2) is 11.0 Å². The third kappa shape index (κ3) is 3.23. The standard InChI is InChI=1S/C15H18F2N4OS/c1-15(22)5-3-4-10(15)20-13-11-8(6-9(19-13)12(16)17)7-18-14(21-11)23-2/h6-7,10,12,22H,3-5H2,1-2H3,(H,19,20)/t10-,15-/m1/s1. The van der Waals surface area contributed by atoms with E-state index in [-0.39, 0.29) is 17.6 Å². The Morgan fingerprint density at radius 3 is 2.83 bits per heavy atom. The lowest BCUT2D eigenvalue weighted by Crippen LogP contribution is -2.39. The Hall–Kier alpha value is -1.54. The molecule has 124 valence electrons. The van der Waals surface area contributed by atoms with Gasteiger partial charge < -0.3 is 10.4 Å². The Balaban J connectivity index is 2.08. The number of rotatable bonds is 4. The van der Waals surface area contributed by atoms with E-state index in [9.17, 15) is 13.9 Å². The van der Waals surface area contributed by atoms with Gasteiger partial charge in [-0.25, -0.2) is 23.7 Å². The monoisotopic (exact) mass is 340 g/mol. The number of thioether (sulfide) groups is 1. The summed E-state index contributed by atoms with van der Waals surface area (Å²) in [4.78, 5) is 12.5. The van der Waals surface area contributed by atoms with Crippen molar-refractivity contribution in [2.75, 3.05) is 11.6 Å². The van der Waals surface area contributed by atoms with Crippen LogP contribution in [0.4, 0.5) is 14.6 Å². The molecule has 0 saturated heterocycles. The Bertz CT molecular complexity index is 726. The van der Waals surface area contributed by atoms with Crippen molar-refractivity contribution in [2.45, 2.75) is 49.4 Å². The summed E-state index contributed by atoms with van der Waals surface area (Å²) in [5.41, 5.74) is -0.709. The molecule has 0 radical (unpaired) electrons. The maximum atomic E-state index is 13.1. The van der Waals surface area contributed by atoms with E-state index in [1.165, 1.54) is 24.0 Å². The number of nitrogens with zero attached hydrogens (tertiary/aromatic N) is 3. The second-order valence-electron chi connectivity index (χ2n) is 5.94. The quantitative estimate of drug-likeness (QED) is 0.657. The van der Waals surface area contributed by atoms with Crippen molar-refractivity contribution in [3.63, 3.8) is 0 Å². The number of alkyl halides is 2. The number of pyridine rings is 1. The highest BCUT2D eigenvalue weighted by atomic mass is 32.2. The fraction of sp³-hybridized carbons (Fsp3) is 0.533. The summed E-state index contributed by atoms with van der Waals surface area (Å²) in [5, 5.41) is 14.6. The molecule has 23 heavy (non-hydrogen) atoms. The maximum Gasteiger partial charge on any atom is 0.280 e. The average molecular weight is 340 g/mol. The molecule has 0 spiro atoms. The van der Waals surface area contributed by atoms with Gasteiger partial charge in [-0.1, -0.05) is 11.8 Å². The van der Waals surface area contributed by atoms with Crippen LogP contribution in [-0.2, 0) is 0 Å². The first kappa shape index (κ1) is 16.3. The zero-order valence-corrected chi connectivity index (χ0v) is 13.7. The van der Waals surface area contributed by atoms with Crippen molar-refractivity contribution in [3.05, 3.63) is 18.0 Å². The molecule has 1 fully saturated rings. The van der Waals surface area contributed by atoms with Crippen LogP contribution in [0.25, 0.3) is 10.9 Å². The summed E-state index contributed by atoms with van der Waals surface area (Å²) >= 11 is 1.37. The van der Waals surface area contributed by atoms with Gasteiger partial charge in [-0.05, 0) is 38.5 Å². The van der Waals surface area contributed by atoms with E-state index in [4.69, 9.17) is 0 Å². The molecule has 0 aromatic carbocycles. The van der Waals surface area contributed by atoms with E-state index < -0.39 is 12.0 Å². The summed E-state index contributed by atoms with van der Waals surface area (Å²) in [5.74, 6) is 0.280. The second-order valence-corrected chi connectivity index (χ2v) is 6.71. The van der Waals surface area contributed by atoms with Crippen molar-refractivity contribution in [3.8, 4) is 0 Å². The third-order valence-corrected chi connectivity index (χ3v) is 4.77. The average Bonchev–Trinajstić information content (AvgIpc) is 2.85. The van der Waals surface area contributed by atoms with Gasteiger partial charge >= 0.3 is 0 Å². The van der Waals surface area contributed by atoms with E-state index in [0.717, 1.165) is 12.8 Å². The zero-order chi connectivity index (χ0) is 16.6. The number of fused-ring (bicyclic) bond motifs is 1. The summed E-state index contributed by atoms with van der Waals surface area (Å²) < 4.78 is 26.2. The summed E-state index contributed by atoms with van der Waals surface area (Å²) in [6.07, 6.45) is 3.00. The fourth-order valence-electron chi connectivity index (χ4n) is 2.90. The summed E-state index contributed by atoms with van der Waals surface area (Å²) in [7, 11) is 0. The van der Waals surface area contributed by atoms with E-state index in [0.29, 0.717) is 22.5 Å². The van der Waals surface area contributed by atoms with Crippen molar-refractivity contribution in [1.29, 1.82) is 0 Å². The minimum Gasteiger partial charge on any atom is -0.388 e. The highest BCUT2D eigenvalue weighted by Crippen LogP contribution is 2.34. The number of halogens is 2. The van der Waals surface area contributed by atoms with Gasteiger partial charge in [0, 0.05) is 11.6 Å². The molecule has 5 nitrogen and oxygen atoms in total. The first-order valence-electron chi connectivity index (χ1n) is 7.39. The molecule has 8 heteroatoms. The molecule has 3 rings (SSSR count). The second kappa shape index (κ2) is 6.16. The van der Waals surface area contributed by atoms with Crippen LogP contribution in [-0.4, -0.2) is 38.0 Å². The van der Waals surface area contributed by atoms with Gasteiger partial charge in [-0.2, -0.15) is 0 Å². The molecule has 1 aliphatic rings. The first-order chi connectivity index (χ1) is 10.9. The van der Waals surface area contributed by atoms with E-state index in [1.54, 1.807) is 6.92 Å². The Morgan fingerprint density at radius 1 is 1.43 bits per heavy atom. The highest BCUT2D eigenvalue weighted by Gasteiger charge is 2.37. The van der Waals surface area contributed by atoms with Crippen molar-refractivity contribution < 1.29 is 13.9 Å². The molecular formula is C15H18F2N4OS. The smallest absolute Gasteiger partial charge is 0.280 e. The molecule has 2 atom stereocenters. The number of nitrogens with one attached hydrogen (secondary N) is 1. The number of anilines is 1. The van der Waals surface area contributed by atoms with Gasteiger partial charge in [0.1, 0.15) is 11.2 Å². The molecule has 2 aromatic rings. The normalized spacial score (nSPS) is 24.5. The molecule has 2 heterocycles. The third-order valence-electron chi connectivity index (χ3n) is 4.21. The largest absolute Gasteiger partial charge is 0.388 e. The summed E-state index contributed by atoms with van der Waals surface area (Å²) in [6, 6.07) is 1.07. The molecule has 2 aromatic heterocycles. The van der Waals surface area contributed by atoms with Crippen LogP contribution < -0.4 is 5.32 Å². The van der Waals surface area contributed by atoms with Crippen molar-refractivity contribution in [1.82, 2.24) is 15.0 Å². The molecule has 1 aliphatic carbocycles. The molecule has 0 amide bonds. The summed E-state index contributed by atoms with van der Waals surface area (Å²) in [6.45, 7) is 1.75. The molecule has 1 saturated carbocycles. The molecule has 0 unspecified atom stereocenters. The lowest BCUT2D eigenvalue weighted by atomic mass is 10.0. The first-order valence-corrected chi connectivity index (χ1v) is 8.62. The molecular weight excluding hydrogens is 322 g/mol. The molecule has 2 N–H and O–H groups in total. The van der Waals surface area contributed by atoms with Gasteiger partial charge in [0.2, 0.25) is 0 Å². The van der Waals surface area contributed by atoms with Crippen LogP contribution in [0.1, 0.15) is 38.3 Å². The van der Waals surface area contributed by atoms with E-state index >= 15 is 0 Å². The topological polar surface area (TPSA) is 70.9 Å². The van der Waals surface area contributed by atoms with Crippen molar-refractivity contribution >= 4 is 28.5 Å². The Labute approximate surface area is 136 Å². The number of hydrogen-bond donors (Lipinski definition) is 2. The molecule has 0 bridgehead atoms. The predicted molar refractivity (Wildman–Crippen MR) is 86.0 cm³/mol. The van der Waals surface area contributed by atoms with Gasteiger partial charge in [-0.3, -0.25) is 0 Å². The van der Waals surface area contributed by atoms with Gasteiger partial charge in [0.05, 0.1) is 11.6 Å². The van der Waals surface area contributed by atoms with Crippen LogP contribution >= 0.6 is 11.8 Å². The van der Waals surface area contributed by atoms with Gasteiger partial charge in [0.25, 0.3) is 6.43 Å². The Kier molecular flexibility index (Phi) is 4.37. The van der Waals surface area contributed by atoms with Crippen molar-refractivity contribution in [2.24, 2.45) is 0 Å². The van der Waals surface area contributed by atoms with E-state index in [2.05, 4.69) is 20.3 Å². The predicted octanol–water partition coefficient (Wildman–Crippen LogP) is 3.40. The highest BCUT2D eigenvalue weighted by molar-refractivity contribution is 7.98. The SMILES string of the molecule is CSc1ncc2cc(C(F)F)nc(N[C@@H]3CCC[C@@]3(C)O)c2n1. The van der Waals surface area contributed by atoms with Crippen LogP contribution in [0.3, 0.4) is 0 Å². The van der Waals surface area contributed by atoms with Gasteiger partial charge in [-0.15, -0.1) is 0 Å². The van der Waals surface area contributed by atoms with E-state index in [1.807, 2.05) is 6.26 Å². The zero-order valence-electron chi connectivity index (χ0n) is 12.9. The minimum absolute atomic E-state index is 0.237. The lowest BCUT2D eigenvalue weighted by Gasteiger charge is -2.27. The number of aliphatic hydroxyl groups is 1. The maximum absolute atomic E-state index is 13.1. The van der Waals surface area contributed by atoms with Crippen LogP contribution in [0, 0.1) is 0 Å². The Morgan fingerprint density at radius 2 is 2.22 bits per heavy atom. The van der Waals surface area contributed by atoms with Crippen LogP contribution in [0.2, 0.25) is 0 Å². The van der Waals surface area contributed by atoms with Crippen LogP contribution in [0.5, 0.6) is 0 Å². The van der Waals surface area contributed by atoms with Crippen LogP contribution in [0.15, 0.2) is 17.4 Å². The minimum atomic E-state index is -2.68.